The molecule has 1 amide bonds. The molecular formula is C17H23NO3. The van der Waals surface area contributed by atoms with Crippen LogP contribution in [0.2, 0.25) is 0 Å². The number of amides is 1. The van der Waals surface area contributed by atoms with Gasteiger partial charge >= 0.3 is 5.97 Å². The maximum Gasteiger partial charge on any atom is 0.306 e. The zero-order valence-electron chi connectivity index (χ0n) is 12.7. The average molecular weight is 289 g/mol. The summed E-state index contributed by atoms with van der Waals surface area (Å²) >= 11 is 0. The van der Waals surface area contributed by atoms with E-state index in [2.05, 4.69) is 0 Å². The van der Waals surface area contributed by atoms with E-state index < -0.39 is 5.97 Å². The summed E-state index contributed by atoms with van der Waals surface area (Å²) in [6.45, 7) is 4.60. The van der Waals surface area contributed by atoms with Gasteiger partial charge in [-0.05, 0) is 38.7 Å². The third kappa shape index (κ3) is 3.84. The van der Waals surface area contributed by atoms with E-state index in [1.54, 1.807) is 0 Å². The number of hydrogen-bond donors (Lipinski definition) is 1. The van der Waals surface area contributed by atoms with Crippen molar-refractivity contribution in [1.29, 1.82) is 0 Å². The summed E-state index contributed by atoms with van der Waals surface area (Å²) < 4.78 is 0. The number of carbonyl (C=O) groups excluding carboxylic acids is 1. The third-order valence-electron chi connectivity index (χ3n) is 4.23. The molecule has 0 bridgehead atoms. The number of carboxylic acids is 1. The fourth-order valence-electron chi connectivity index (χ4n) is 2.96. The molecule has 1 aromatic rings. The summed E-state index contributed by atoms with van der Waals surface area (Å²) in [5, 5.41) is 9.07. The lowest BCUT2D eigenvalue weighted by Gasteiger charge is -2.29. The van der Waals surface area contributed by atoms with Crippen molar-refractivity contribution in [2.75, 3.05) is 0 Å². The summed E-state index contributed by atoms with van der Waals surface area (Å²) in [6, 6.07) is 10.0. The van der Waals surface area contributed by atoms with Crippen molar-refractivity contribution in [3.05, 3.63) is 35.9 Å². The van der Waals surface area contributed by atoms with Crippen LogP contribution >= 0.6 is 0 Å². The van der Waals surface area contributed by atoms with E-state index in [1.807, 2.05) is 49.1 Å². The van der Waals surface area contributed by atoms with Crippen LogP contribution in [-0.2, 0) is 16.1 Å². The maximum atomic E-state index is 12.7. The predicted molar refractivity (Wildman–Crippen MR) is 80.6 cm³/mol. The van der Waals surface area contributed by atoms with Gasteiger partial charge in [-0.25, -0.2) is 0 Å². The molecule has 2 rings (SSSR count). The van der Waals surface area contributed by atoms with E-state index in [9.17, 15) is 9.59 Å². The molecule has 1 aromatic carbocycles. The first-order valence-electron chi connectivity index (χ1n) is 7.56. The van der Waals surface area contributed by atoms with Gasteiger partial charge in [-0.1, -0.05) is 30.3 Å². The fraction of sp³-hybridized carbons (Fsp3) is 0.529. The SMILES string of the molecule is CC(C)N(Cc1ccccc1)C(=O)C1CCC(C(=O)O)C1. The summed E-state index contributed by atoms with van der Waals surface area (Å²) in [7, 11) is 0. The highest BCUT2D eigenvalue weighted by Gasteiger charge is 2.36. The van der Waals surface area contributed by atoms with Crippen LogP contribution in [0.5, 0.6) is 0 Å². The molecule has 2 unspecified atom stereocenters. The molecule has 0 saturated heterocycles. The molecule has 0 heterocycles. The minimum absolute atomic E-state index is 0.0950. The lowest BCUT2D eigenvalue weighted by atomic mass is 10.0. The second-order valence-corrected chi connectivity index (χ2v) is 6.09. The zero-order valence-corrected chi connectivity index (χ0v) is 12.7. The van der Waals surface area contributed by atoms with E-state index in [4.69, 9.17) is 5.11 Å². The van der Waals surface area contributed by atoms with E-state index in [0.29, 0.717) is 25.8 Å². The molecule has 114 valence electrons. The minimum atomic E-state index is -0.774. The van der Waals surface area contributed by atoms with Crippen LogP contribution in [0.3, 0.4) is 0 Å². The molecule has 1 saturated carbocycles. The van der Waals surface area contributed by atoms with Crippen molar-refractivity contribution in [3.63, 3.8) is 0 Å². The van der Waals surface area contributed by atoms with Crippen LogP contribution < -0.4 is 0 Å². The first-order valence-corrected chi connectivity index (χ1v) is 7.56. The van der Waals surface area contributed by atoms with Gasteiger partial charge in [0, 0.05) is 18.5 Å². The highest BCUT2D eigenvalue weighted by molar-refractivity contribution is 5.81. The zero-order chi connectivity index (χ0) is 15.4. The largest absolute Gasteiger partial charge is 0.481 e. The Labute approximate surface area is 125 Å². The smallest absolute Gasteiger partial charge is 0.306 e. The Kier molecular flexibility index (Phi) is 4.99. The summed E-state index contributed by atoms with van der Waals surface area (Å²) in [4.78, 5) is 25.6. The van der Waals surface area contributed by atoms with Gasteiger partial charge in [-0.15, -0.1) is 0 Å². The number of benzene rings is 1. The van der Waals surface area contributed by atoms with Crippen molar-refractivity contribution in [2.24, 2.45) is 11.8 Å². The second-order valence-electron chi connectivity index (χ2n) is 6.09. The predicted octanol–water partition coefficient (Wildman–Crippen LogP) is 2.92. The van der Waals surface area contributed by atoms with Crippen molar-refractivity contribution < 1.29 is 14.7 Å². The number of hydrogen-bond acceptors (Lipinski definition) is 2. The van der Waals surface area contributed by atoms with E-state index in [1.165, 1.54) is 0 Å². The third-order valence-corrected chi connectivity index (χ3v) is 4.23. The standard InChI is InChI=1S/C17H23NO3/c1-12(2)18(11-13-6-4-3-5-7-13)16(19)14-8-9-15(10-14)17(20)21/h3-7,12,14-15H,8-11H2,1-2H3,(H,20,21). The van der Waals surface area contributed by atoms with E-state index in [0.717, 1.165) is 5.56 Å². The van der Waals surface area contributed by atoms with Crippen LogP contribution in [-0.4, -0.2) is 27.9 Å². The van der Waals surface area contributed by atoms with Crippen LogP contribution in [0.25, 0.3) is 0 Å². The van der Waals surface area contributed by atoms with Gasteiger partial charge in [0.15, 0.2) is 0 Å². The number of aliphatic carboxylic acids is 1. The Morgan fingerprint density at radius 2 is 1.81 bits per heavy atom. The van der Waals surface area contributed by atoms with Crippen molar-refractivity contribution in [2.45, 2.75) is 45.7 Å². The number of carbonyl (C=O) groups is 2. The summed E-state index contributed by atoms with van der Waals surface area (Å²) in [5.74, 6) is -1.18. The van der Waals surface area contributed by atoms with Gasteiger partial charge in [0.25, 0.3) is 0 Å². The highest BCUT2D eigenvalue weighted by atomic mass is 16.4. The quantitative estimate of drug-likeness (QED) is 0.906. The summed E-state index contributed by atoms with van der Waals surface area (Å²) in [5.41, 5.74) is 1.10. The fourth-order valence-corrected chi connectivity index (χ4v) is 2.96. The highest BCUT2D eigenvalue weighted by Crippen LogP contribution is 2.33. The molecule has 0 aromatic heterocycles. The second kappa shape index (κ2) is 6.74. The lowest BCUT2D eigenvalue weighted by molar-refractivity contribution is -0.142. The molecule has 4 heteroatoms. The van der Waals surface area contributed by atoms with E-state index >= 15 is 0 Å². The van der Waals surface area contributed by atoms with Crippen molar-refractivity contribution in [3.8, 4) is 0 Å². The Morgan fingerprint density at radius 1 is 1.19 bits per heavy atom. The Morgan fingerprint density at radius 3 is 2.33 bits per heavy atom. The van der Waals surface area contributed by atoms with Crippen molar-refractivity contribution >= 4 is 11.9 Å². The first-order chi connectivity index (χ1) is 9.99. The average Bonchev–Trinajstić information content (AvgIpc) is 2.95. The maximum absolute atomic E-state index is 12.7. The van der Waals surface area contributed by atoms with Gasteiger partial charge in [-0.3, -0.25) is 9.59 Å². The summed E-state index contributed by atoms with van der Waals surface area (Å²) in [6.07, 6.45) is 1.78. The number of nitrogens with zero attached hydrogens (tertiary/aromatic N) is 1. The monoisotopic (exact) mass is 289 g/mol. The molecular weight excluding hydrogens is 266 g/mol. The molecule has 1 aliphatic carbocycles. The topological polar surface area (TPSA) is 57.6 Å². The molecule has 21 heavy (non-hydrogen) atoms. The molecule has 1 aliphatic rings. The molecule has 1 N–H and O–H groups in total. The van der Waals surface area contributed by atoms with Gasteiger partial charge in [0.2, 0.25) is 5.91 Å². The minimum Gasteiger partial charge on any atom is -0.481 e. The van der Waals surface area contributed by atoms with Gasteiger partial charge in [-0.2, -0.15) is 0 Å². The molecule has 4 nitrogen and oxygen atoms in total. The van der Waals surface area contributed by atoms with Gasteiger partial charge in [0.05, 0.1) is 5.92 Å². The number of carboxylic acid groups (broad SMARTS) is 1. The van der Waals surface area contributed by atoms with Crippen LogP contribution in [0.15, 0.2) is 30.3 Å². The van der Waals surface area contributed by atoms with Crippen LogP contribution in [0, 0.1) is 11.8 Å². The Balaban J connectivity index is 2.05. The molecule has 0 aliphatic heterocycles. The first kappa shape index (κ1) is 15.5. The molecule has 0 radical (unpaired) electrons. The Hall–Kier alpha value is -1.84. The van der Waals surface area contributed by atoms with Gasteiger partial charge in [0.1, 0.15) is 0 Å². The van der Waals surface area contributed by atoms with Crippen LogP contribution in [0.4, 0.5) is 0 Å². The van der Waals surface area contributed by atoms with Gasteiger partial charge < -0.3 is 10.0 Å². The normalized spacial score (nSPS) is 21.5. The van der Waals surface area contributed by atoms with Crippen LogP contribution in [0.1, 0.15) is 38.7 Å². The molecule has 0 spiro atoms. The molecule has 2 atom stereocenters. The number of rotatable bonds is 5. The molecule has 1 fully saturated rings. The Bertz CT molecular complexity index is 498. The van der Waals surface area contributed by atoms with Crippen molar-refractivity contribution in [1.82, 2.24) is 4.90 Å². The van der Waals surface area contributed by atoms with E-state index in [-0.39, 0.29) is 23.8 Å². The lowest BCUT2D eigenvalue weighted by Crippen LogP contribution is -2.40.